The lowest BCUT2D eigenvalue weighted by atomic mass is 10.2. The summed E-state index contributed by atoms with van der Waals surface area (Å²) in [5, 5.41) is 13.3. The van der Waals surface area contributed by atoms with Crippen LogP contribution in [0.3, 0.4) is 0 Å². The van der Waals surface area contributed by atoms with Crippen LogP contribution in [-0.2, 0) is 19.1 Å². The molecule has 0 unspecified atom stereocenters. The first-order chi connectivity index (χ1) is 10.9. The molecule has 1 aromatic rings. The van der Waals surface area contributed by atoms with Gasteiger partial charge in [-0.25, -0.2) is 4.79 Å². The summed E-state index contributed by atoms with van der Waals surface area (Å²) in [6.45, 7) is 1.79. The van der Waals surface area contributed by atoms with Crippen molar-refractivity contribution in [3.8, 4) is 0 Å². The SMILES string of the molecule is Cc1ccc(NC(=O)OC(=O)CCCCC(=O)O)cc1NC=O. The second kappa shape index (κ2) is 9.19. The Balaban J connectivity index is 2.44. The third-order valence-corrected chi connectivity index (χ3v) is 2.93. The Morgan fingerprint density at radius 1 is 1.22 bits per heavy atom. The zero-order valence-corrected chi connectivity index (χ0v) is 12.6. The predicted octanol–water partition coefficient (Wildman–Crippen LogP) is 2.28. The summed E-state index contributed by atoms with van der Waals surface area (Å²) in [6.07, 6.45) is 0.183. The lowest BCUT2D eigenvalue weighted by molar-refractivity contribution is -0.139. The Kier molecular flexibility index (Phi) is 7.25. The van der Waals surface area contributed by atoms with Gasteiger partial charge in [0.05, 0.1) is 0 Å². The van der Waals surface area contributed by atoms with E-state index in [0.29, 0.717) is 30.6 Å². The molecule has 3 N–H and O–H groups in total. The average Bonchev–Trinajstić information content (AvgIpc) is 2.47. The van der Waals surface area contributed by atoms with Crippen molar-refractivity contribution in [1.29, 1.82) is 0 Å². The molecule has 0 aromatic heterocycles. The lowest BCUT2D eigenvalue weighted by Gasteiger charge is -2.09. The van der Waals surface area contributed by atoms with E-state index in [9.17, 15) is 19.2 Å². The van der Waals surface area contributed by atoms with Gasteiger partial charge in [-0.1, -0.05) is 6.07 Å². The van der Waals surface area contributed by atoms with Gasteiger partial charge in [-0.2, -0.15) is 0 Å². The third kappa shape index (κ3) is 7.07. The number of amides is 2. The number of rotatable bonds is 8. The second-order valence-electron chi connectivity index (χ2n) is 4.78. The van der Waals surface area contributed by atoms with Gasteiger partial charge in [0, 0.05) is 24.2 Å². The molecule has 0 aliphatic carbocycles. The van der Waals surface area contributed by atoms with Gasteiger partial charge in [-0.3, -0.25) is 19.7 Å². The summed E-state index contributed by atoms with van der Waals surface area (Å²) < 4.78 is 4.57. The largest absolute Gasteiger partial charge is 0.481 e. The molecule has 0 aliphatic rings. The van der Waals surface area contributed by atoms with Gasteiger partial charge in [0.2, 0.25) is 6.41 Å². The highest BCUT2D eigenvalue weighted by molar-refractivity contribution is 5.93. The summed E-state index contributed by atoms with van der Waals surface area (Å²) in [7, 11) is 0. The molecule has 124 valence electrons. The van der Waals surface area contributed by atoms with Crippen LogP contribution in [0.1, 0.15) is 31.2 Å². The van der Waals surface area contributed by atoms with E-state index in [0.717, 1.165) is 5.56 Å². The molecule has 0 heterocycles. The maximum atomic E-state index is 11.6. The van der Waals surface area contributed by atoms with Crippen LogP contribution in [-0.4, -0.2) is 29.5 Å². The summed E-state index contributed by atoms with van der Waals surface area (Å²) in [6, 6.07) is 4.82. The Labute approximate surface area is 132 Å². The Morgan fingerprint density at radius 3 is 2.57 bits per heavy atom. The maximum Gasteiger partial charge on any atom is 0.419 e. The van der Waals surface area contributed by atoms with Crippen LogP contribution in [0, 0.1) is 6.92 Å². The number of nitrogens with one attached hydrogen (secondary N) is 2. The van der Waals surface area contributed by atoms with Crippen LogP contribution in [0.15, 0.2) is 18.2 Å². The van der Waals surface area contributed by atoms with E-state index < -0.39 is 18.0 Å². The van der Waals surface area contributed by atoms with E-state index in [2.05, 4.69) is 15.4 Å². The molecule has 23 heavy (non-hydrogen) atoms. The monoisotopic (exact) mass is 322 g/mol. The number of carbonyl (C=O) groups is 4. The summed E-state index contributed by atoms with van der Waals surface area (Å²) in [5.41, 5.74) is 1.70. The number of hydrogen-bond donors (Lipinski definition) is 3. The zero-order valence-electron chi connectivity index (χ0n) is 12.6. The molecule has 0 spiro atoms. The number of esters is 1. The zero-order chi connectivity index (χ0) is 17.2. The number of unbranched alkanes of at least 4 members (excludes halogenated alkanes) is 1. The lowest BCUT2D eigenvalue weighted by Crippen LogP contribution is -2.18. The summed E-state index contributed by atoms with van der Waals surface area (Å²) in [5.74, 6) is -1.67. The molecule has 0 atom stereocenters. The van der Waals surface area contributed by atoms with Crippen molar-refractivity contribution >= 4 is 35.8 Å². The Hall–Kier alpha value is -2.90. The van der Waals surface area contributed by atoms with Crippen LogP contribution in [0.5, 0.6) is 0 Å². The van der Waals surface area contributed by atoms with E-state index in [1.807, 2.05) is 0 Å². The molecule has 0 bridgehead atoms. The number of carboxylic acids is 1. The van der Waals surface area contributed by atoms with Crippen LogP contribution in [0.2, 0.25) is 0 Å². The Morgan fingerprint density at radius 2 is 1.91 bits per heavy atom. The van der Waals surface area contributed by atoms with Crippen molar-refractivity contribution in [2.45, 2.75) is 32.6 Å². The minimum Gasteiger partial charge on any atom is -0.481 e. The first-order valence-electron chi connectivity index (χ1n) is 6.96. The molecular formula is C15H18N2O6. The van der Waals surface area contributed by atoms with Gasteiger partial charge in [-0.05, 0) is 37.5 Å². The first-order valence-corrected chi connectivity index (χ1v) is 6.96. The van der Waals surface area contributed by atoms with Gasteiger partial charge in [0.15, 0.2) is 0 Å². The molecule has 8 heteroatoms. The fourth-order valence-corrected chi connectivity index (χ4v) is 1.76. The molecule has 0 radical (unpaired) electrons. The van der Waals surface area contributed by atoms with E-state index in [-0.39, 0.29) is 12.8 Å². The van der Waals surface area contributed by atoms with Gasteiger partial charge >= 0.3 is 18.0 Å². The van der Waals surface area contributed by atoms with Gasteiger partial charge in [-0.15, -0.1) is 0 Å². The van der Waals surface area contributed by atoms with Crippen LogP contribution in [0.4, 0.5) is 16.2 Å². The normalized spacial score (nSPS) is 9.78. The summed E-state index contributed by atoms with van der Waals surface area (Å²) >= 11 is 0. The molecule has 0 saturated carbocycles. The minimum atomic E-state index is -0.936. The number of carbonyl (C=O) groups excluding carboxylic acids is 3. The predicted molar refractivity (Wildman–Crippen MR) is 82.1 cm³/mol. The number of benzene rings is 1. The molecule has 8 nitrogen and oxygen atoms in total. The average molecular weight is 322 g/mol. The number of anilines is 2. The van der Waals surface area contributed by atoms with Crippen molar-refractivity contribution < 1.29 is 29.0 Å². The highest BCUT2D eigenvalue weighted by Gasteiger charge is 2.11. The highest BCUT2D eigenvalue weighted by atomic mass is 16.6. The summed E-state index contributed by atoms with van der Waals surface area (Å²) in [4.78, 5) is 43.8. The third-order valence-electron chi connectivity index (χ3n) is 2.93. The second-order valence-corrected chi connectivity index (χ2v) is 4.78. The standard InChI is InChI=1S/C15H18N2O6/c1-10-6-7-11(8-12(10)16-9-18)17-15(22)23-14(21)5-3-2-4-13(19)20/h6-9H,2-5H2,1H3,(H,16,18)(H,17,22)(H,19,20). The first kappa shape index (κ1) is 18.1. The topological polar surface area (TPSA) is 122 Å². The van der Waals surface area contributed by atoms with Crippen LogP contribution in [0.25, 0.3) is 0 Å². The van der Waals surface area contributed by atoms with E-state index in [4.69, 9.17) is 5.11 Å². The molecule has 0 saturated heterocycles. The number of hydrogen-bond acceptors (Lipinski definition) is 5. The molecule has 1 rings (SSSR count). The minimum absolute atomic E-state index is 0.0324. The van der Waals surface area contributed by atoms with E-state index in [1.54, 1.807) is 19.1 Å². The molecule has 0 aliphatic heterocycles. The number of ether oxygens (including phenoxy) is 1. The van der Waals surface area contributed by atoms with Gasteiger partial charge in [0.25, 0.3) is 0 Å². The molecule has 0 fully saturated rings. The molecule has 2 amide bonds. The van der Waals surface area contributed by atoms with Crippen molar-refractivity contribution in [3.63, 3.8) is 0 Å². The molecule has 1 aromatic carbocycles. The van der Waals surface area contributed by atoms with Crippen LogP contribution < -0.4 is 10.6 Å². The number of carboxylic acid groups (broad SMARTS) is 1. The quantitative estimate of drug-likeness (QED) is 0.292. The highest BCUT2D eigenvalue weighted by Crippen LogP contribution is 2.19. The van der Waals surface area contributed by atoms with E-state index >= 15 is 0 Å². The smallest absolute Gasteiger partial charge is 0.419 e. The van der Waals surface area contributed by atoms with Crippen molar-refractivity contribution in [2.75, 3.05) is 10.6 Å². The van der Waals surface area contributed by atoms with Gasteiger partial charge in [0.1, 0.15) is 0 Å². The van der Waals surface area contributed by atoms with Crippen molar-refractivity contribution in [2.24, 2.45) is 0 Å². The fraction of sp³-hybridized carbons (Fsp3) is 0.333. The molecular weight excluding hydrogens is 304 g/mol. The number of aryl methyl sites for hydroxylation is 1. The maximum absolute atomic E-state index is 11.6. The van der Waals surface area contributed by atoms with Crippen LogP contribution >= 0.6 is 0 Å². The van der Waals surface area contributed by atoms with Crippen molar-refractivity contribution in [3.05, 3.63) is 23.8 Å². The fourth-order valence-electron chi connectivity index (χ4n) is 1.76. The Bertz CT molecular complexity index is 600. The van der Waals surface area contributed by atoms with Crippen molar-refractivity contribution in [1.82, 2.24) is 0 Å². The number of aliphatic carboxylic acids is 1. The van der Waals surface area contributed by atoms with E-state index in [1.165, 1.54) is 6.07 Å². The van der Waals surface area contributed by atoms with Gasteiger partial charge < -0.3 is 15.2 Å².